The smallest absolute Gasteiger partial charge is 0.368 e. The predicted molar refractivity (Wildman–Crippen MR) is 120 cm³/mol. The summed E-state index contributed by atoms with van der Waals surface area (Å²) in [7, 11) is 0. The molecule has 2 rings (SSSR count). The van der Waals surface area contributed by atoms with Gasteiger partial charge in [0.15, 0.2) is 5.96 Å². The second-order valence-electron chi connectivity index (χ2n) is 6.33. The lowest BCUT2D eigenvalue weighted by molar-refractivity contribution is -0.133. The Kier molecular flexibility index (Phi) is 10.9. The predicted octanol–water partition coefficient (Wildman–Crippen LogP) is 3.11. The lowest BCUT2D eigenvalue weighted by atomic mass is 10.2. The number of nitrogens with zero attached hydrogens (tertiary/aromatic N) is 3. The third-order valence-corrected chi connectivity index (χ3v) is 4.49. The second kappa shape index (κ2) is 12.3. The van der Waals surface area contributed by atoms with Crippen LogP contribution in [0.25, 0.3) is 0 Å². The summed E-state index contributed by atoms with van der Waals surface area (Å²) in [5.74, 6) is 0.0590. The molecule has 29 heavy (non-hydrogen) atoms. The fraction of sp³-hybridized carbons (Fsp3) is 0.556. The van der Waals surface area contributed by atoms with Crippen molar-refractivity contribution in [1.29, 1.82) is 0 Å². The van der Waals surface area contributed by atoms with Gasteiger partial charge in [0.05, 0.1) is 6.42 Å². The molecule has 1 heterocycles. The lowest BCUT2D eigenvalue weighted by Gasteiger charge is -2.36. The van der Waals surface area contributed by atoms with Gasteiger partial charge < -0.3 is 20.4 Å². The zero-order valence-electron chi connectivity index (χ0n) is 16.1. The summed E-state index contributed by atoms with van der Waals surface area (Å²) in [6, 6.07) is 7.55. The van der Waals surface area contributed by atoms with Gasteiger partial charge in [-0.15, -0.1) is 24.0 Å². The summed E-state index contributed by atoms with van der Waals surface area (Å²) >= 11 is 5.90. The van der Waals surface area contributed by atoms with Gasteiger partial charge in [0.2, 0.25) is 5.91 Å². The van der Waals surface area contributed by atoms with Gasteiger partial charge in [-0.05, 0) is 31.2 Å². The summed E-state index contributed by atoms with van der Waals surface area (Å²) < 4.78 is 36.8. The van der Waals surface area contributed by atoms with Crippen molar-refractivity contribution in [2.75, 3.05) is 50.7 Å². The molecule has 0 atom stereocenters. The van der Waals surface area contributed by atoms with Crippen molar-refractivity contribution in [1.82, 2.24) is 15.5 Å². The molecule has 0 bridgehead atoms. The third kappa shape index (κ3) is 9.28. The molecule has 1 aliphatic heterocycles. The van der Waals surface area contributed by atoms with Gasteiger partial charge in [-0.2, -0.15) is 13.2 Å². The molecular weight excluding hydrogens is 522 g/mol. The number of halogens is 5. The summed E-state index contributed by atoms with van der Waals surface area (Å²) in [6.45, 7) is 4.42. The number of nitrogens with one attached hydrogen (secondary N) is 2. The average Bonchev–Trinajstić information content (AvgIpc) is 2.65. The van der Waals surface area contributed by atoms with Crippen molar-refractivity contribution in [2.24, 2.45) is 4.99 Å². The largest absolute Gasteiger partial charge is 0.390 e. The quantitative estimate of drug-likeness (QED) is 0.327. The maximum absolute atomic E-state index is 12.4. The highest BCUT2D eigenvalue weighted by Gasteiger charge is 2.26. The first-order chi connectivity index (χ1) is 13.3. The Labute approximate surface area is 190 Å². The van der Waals surface area contributed by atoms with Crippen LogP contribution in [0.15, 0.2) is 29.3 Å². The van der Waals surface area contributed by atoms with Crippen LogP contribution in [0.2, 0.25) is 5.02 Å². The maximum atomic E-state index is 12.4. The van der Waals surface area contributed by atoms with Gasteiger partial charge >= 0.3 is 6.18 Å². The number of carbonyl (C=O) groups is 1. The Morgan fingerprint density at radius 1 is 1.14 bits per heavy atom. The van der Waals surface area contributed by atoms with E-state index in [0.717, 1.165) is 5.69 Å². The van der Waals surface area contributed by atoms with Crippen molar-refractivity contribution in [2.45, 2.75) is 19.5 Å². The van der Waals surface area contributed by atoms with Gasteiger partial charge in [-0.3, -0.25) is 4.79 Å². The van der Waals surface area contributed by atoms with Crippen LogP contribution in [0.3, 0.4) is 0 Å². The molecule has 1 aromatic rings. The first-order valence-corrected chi connectivity index (χ1v) is 9.53. The normalized spacial score (nSPS) is 15.0. The molecule has 11 heteroatoms. The van der Waals surface area contributed by atoms with E-state index in [1.54, 1.807) is 11.8 Å². The van der Waals surface area contributed by atoms with Crippen LogP contribution in [0.5, 0.6) is 0 Å². The van der Waals surface area contributed by atoms with Gasteiger partial charge in [0.1, 0.15) is 6.54 Å². The number of alkyl halides is 3. The molecule has 1 saturated heterocycles. The van der Waals surface area contributed by atoms with Crippen molar-refractivity contribution in [3.63, 3.8) is 0 Å². The topological polar surface area (TPSA) is 60.0 Å². The first kappa shape index (κ1) is 25.6. The van der Waals surface area contributed by atoms with Crippen LogP contribution in [0, 0.1) is 0 Å². The monoisotopic (exact) mass is 547 g/mol. The van der Waals surface area contributed by atoms with E-state index in [2.05, 4.69) is 20.5 Å². The second-order valence-corrected chi connectivity index (χ2v) is 6.77. The molecule has 164 valence electrons. The minimum Gasteiger partial charge on any atom is -0.368 e. The van der Waals surface area contributed by atoms with Crippen LogP contribution in [-0.2, 0) is 4.79 Å². The fourth-order valence-electron chi connectivity index (χ4n) is 2.78. The molecule has 1 fully saturated rings. The van der Waals surface area contributed by atoms with Gasteiger partial charge in [0, 0.05) is 50.0 Å². The van der Waals surface area contributed by atoms with E-state index >= 15 is 0 Å². The zero-order valence-corrected chi connectivity index (χ0v) is 19.2. The van der Waals surface area contributed by atoms with Crippen molar-refractivity contribution >= 4 is 53.1 Å². The summed E-state index contributed by atoms with van der Waals surface area (Å²) in [5, 5.41) is 6.12. The van der Waals surface area contributed by atoms with E-state index in [-0.39, 0.29) is 48.9 Å². The highest BCUT2D eigenvalue weighted by Crippen LogP contribution is 2.19. The molecule has 0 saturated carbocycles. The van der Waals surface area contributed by atoms with Crippen LogP contribution >= 0.6 is 35.6 Å². The number of hydrogen-bond donors (Lipinski definition) is 2. The van der Waals surface area contributed by atoms with E-state index in [1.165, 1.54) is 0 Å². The van der Waals surface area contributed by atoms with Gasteiger partial charge in [-0.1, -0.05) is 11.6 Å². The van der Waals surface area contributed by atoms with Crippen LogP contribution in [0.1, 0.15) is 13.3 Å². The number of hydrogen-bond acceptors (Lipinski definition) is 3. The summed E-state index contributed by atoms with van der Waals surface area (Å²) in [6.07, 6.45) is -5.19. The van der Waals surface area contributed by atoms with Gasteiger partial charge in [-0.25, -0.2) is 4.99 Å². The van der Waals surface area contributed by atoms with E-state index in [0.29, 0.717) is 37.7 Å². The van der Waals surface area contributed by atoms with Crippen LogP contribution < -0.4 is 15.5 Å². The van der Waals surface area contributed by atoms with Crippen molar-refractivity contribution in [3.8, 4) is 0 Å². The minimum atomic E-state index is -4.23. The standard InChI is InChI=1S/C18H25ClF3N5O.HI/c1-2-23-17(24-8-7-18(20,21)22)25-13-16(28)27-11-9-26(10-12-27)15-5-3-14(19)4-6-15;/h3-6H,2,7-13H2,1H3,(H2,23,24,25);1H. The average molecular weight is 548 g/mol. The molecule has 0 aromatic heterocycles. The minimum absolute atomic E-state index is 0. The Hall–Kier alpha value is -1.43. The SMILES string of the molecule is CCNC(=NCC(=O)N1CCN(c2ccc(Cl)cc2)CC1)NCCC(F)(F)F.I. The van der Waals surface area contributed by atoms with Crippen LogP contribution in [0.4, 0.5) is 18.9 Å². The number of guanidine groups is 1. The van der Waals surface area contributed by atoms with E-state index < -0.39 is 12.6 Å². The molecule has 1 aliphatic rings. The number of anilines is 1. The first-order valence-electron chi connectivity index (χ1n) is 9.15. The Balaban J connectivity index is 0.00000420. The molecule has 0 radical (unpaired) electrons. The third-order valence-electron chi connectivity index (χ3n) is 4.24. The molecule has 1 aromatic carbocycles. The highest BCUT2D eigenvalue weighted by molar-refractivity contribution is 14.0. The Morgan fingerprint density at radius 3 is 2.31 bits per heavy atom. The molecule has 0 unspecified atom stereocenters. The lowest BCUT2D eigenvalue weighted by Crippen LogP contribution is -2.49. The molecular formula is C18H26ClF3IN5O. The molecule has 6 nitrogen and oxygen atoms in total. The maximum Gasteiger partial charge on any atom is 0.390 e. The van der Waals surface area contributed by atoms with Gasteiger partial charge in [0.25, 0.3) is 0 Å². The number of benzene rings is 1. The zero-order chi connectivity index (χ0) is 20.6. The van der Waals surface area contributed by atoms with E-state index in [4.69, 9.17) is 11.6 Å². The van der Waals surface area contributed by atoms with Crippen molar-refractivity contribution < 1.29 is 18.0 Å². The number of carbonyl (C=O) groups excluding carboxylic acids is 1. The van der Waals surface area contributed by atoms with Crippen LogP contribution in [-0.4, -0.2) is 68.8 Å². The number of aliphatic imine (C=N–C) groups is 1. The Bertz CT molecular complexity index is 664. The number of amides is 1. The number of rotatable bonds is 6. The Morgan fingerprint density at radius 2 is 1.76 bits per heavy atom. The summed E-state index contributed by atoms with van der Waals surface area (Å²) in [5.41, 5.74) is 1.05. The van der Waals surface area contributed by atoms with E-state index in [9.17, 15) is 18.0 Å². The highest BCUT2D eigenvalue weighted by atomic mass is 127. The number of piperazine rings is 1. The molecule has 1 amide bonds. The summed E-state index contributed by atoms with van der Waals surface area (Å²) in [4.78, 5) is 20.4. The fourth-order valence-corrected chi connectivity index (χ4v) is 2.90. The molecule has 0 spiro atoms. The van der Waals surface area contributed by atoms with E-state index in [1.807, 2.05) is 24.3 Å². The molecule has 2 N–H and O–H groups in total. The molecule has 0 aliphatic carbocycles. The van der Waals surface area contributed by atoms with Crippen molar-refractivity contribution in [3.05, 3.63) is 29.3 Å².